The van der Waals surface area contributed by atoms with E-state index in [0.29, 0.717) is 6.04 Å². The molecule has 0 amide bonds. The molecule has 3 heteroatoms. The topological polar surface area (TPSA) is 12.0 Å². The number of piperidine rings is 1. The molecule has 1 aliphatic rings. The smallest absolute Gasteiger partial charge is 0.0348 e. The summed E-state index contributed by atoms with van der Waals surface area (Å²) in [7, 11) is 0. The highest BCUT2D eigenvalue weighted by Crippen LogP contribution is 2.37. The molecule has 0 aliphatic carbocycles. The summed E-state index contributed by atoms with van der Waals surface area (Å²) in [5.74, 6) is 0.767. The van der Waals surface area contributed by atoms with Gasteiger partial charge in [-0.05, 0) is 61.7 Å². The van der Waals surface area contributed by atoms with E-state index in [1.54, 1.807) is 4.88 Å². The summed E-state index contributed by atoms with van der Waals surface area (Å²) in [6, 6.07) is 9.87. The van der Waals surface area contributed by atoms with E-state index in [-0.39, 0.29) is 12.4 Å². The molecular weight excluding hydrogens is 274 g/mol. The van der Waals surface area contributed by atoms with Crippen LogP contribution in [0.1, 0.15) is 43.0 Å². The van der Waals surface area contributed by atoms with Gasteiger partial charge in [0.1, 0.15) is 0 Å². The second-order valence-corrected chi connectivity index (χ2v) is 6.52. The summed E-state index contributed by atoms with van der Waals surface area (Å²) in [5, 5.41) is 5.03. The average Bonchev–Trinajstić information content (AvgIpc) is 2.82. The predicted molar refractivity (Wildman–Crippen MR) is 87.9 cm³/mol. The number of halogens is 1. The first-order chi connectivity index (χ1) is 8.78. The molecule has 1 N–H and O–H groups in total. The zero-order valence-electron chi connectivity index (χ0n) is 11.6. The van der Waals surface area contributed by atoms with Crippen LogP contribution >= 0.6 is 23.7 Å². The van der Waals surface area contributed by atoms with E-state index < -0.39 is 0 Å². The van der Waals surface area contributed by atoms with E-state index in [1.807, 2.05) is 11.3 Å². The minimum absolute atomic E-state index is 0. The van der Waals surface area contributed by atoms with Gasteiger partial charge in [-0.15, -0.1) is 23.7 Å². The third kappa shape index (κ3) is 2.96. The number of thiophene rings is 1. The van der Waals surface area contributed by atoms with Crippen molar-refractivity contribution in [3.63, 3.8) is 0 Å². The van der Waals surface area contributed by atoms with E-state index in [9.17, 15) is 0 Å². The summed E-state index contributed by atoms with van der Waals surface area (Å²) in [5.41, 5.74) is 1.50. The zero-order chi connectivity index (χ0) is 12.5. The van der Waals surface area contributed by atoms with Crippen molar-refractivity contribution in [2.75, 3.05) is 6.54 Å². The largest absolute Gasteiger partial charge is 0.314 e. The normalized spacial score (nSPS) is 23.3. The zero-order valence-corrected chi connectivity index (χ0v) is 13.2. The number of fused-ring (bicyclic) bond motifs is 1. The number of nitrogens with one attached hydrogen (secondary N) is 1. The summed E-state index contributed by atoms with van der Waals surface area (Å²) in [4.78, 5) is 1.60. The van der Waals surface area contributed by atoms with Crippen molar-refractivity contribution in [1.29, 1.82) is 0 Å². The molecule has 1 saturated heterocycles. The van der Waals surface area contributed by atoms with Crippen LogP contribution in [0.3, 0.4) is 0 Å². The Bertz CT molecular complexity index is 549. The fourth-order valence-electron chi connectivity index (χ4n) is 3.04. The average molecular weight is 296 g/mol. The quantitative estimate of drug-likeness (QED) is 0.844. The highest BCUT2D eigenvalue weighted by molar-refractivity contribution is 7.19. The van der Waals surface area contributed by atoms with Gasteiger partial charge in [0.05, 0.1) is 0 Å². The maximum absolute atomic E-state index is 3.54. The van der Waals surface area contributed by atoms with Gasteiger partial charge in [0, 0.05) is 15.6 Å². The molecule has 0 saturated carbocycles. The molecule has 19 heavy (non-hydrogen) atoms. The molecule has 1 fully saturated rings. The van der Waals surface area contributed by atoms with Crippen molar-refractivity contribution in [2.45, 2.75) is 45.1 Å². The van der Waals surface area contributed by atoms with Crippen LogP contribution in [-0.2, 0) is 6.42 Å². The van der Waals surface area contributed by atoms with Crippen LogP contribution in [-0.4, -0.2) is 12.6 Å². The van der Waals surface area contributed by atoms with Gasteiger partial charge in [0.25, 0.3) is 0 Å². The first kappa shape index (κ1) is 14.8. The summed E-state index contributed by atoms with van der Waals surface area (Å²) in [6.07, 6.45) is 3.71. The predicted octanol–water partition coefficient (Wildman–Crippen LogP) is 4.74. The summed E-state index contributed by atoms with van der Waals surface area (Å²) in [6.45, 7) is 5.72. The highest BCUT2D eigenvalue weighted by atomic mass is 35.5. The van der Waals surface area contributed by atoms with Gasteiger partial charge in [-0.2, -0.15) is 0 Å². The molecule has 0 spiro atoms. The Morgan fingerprint density at radius 3 is 2.95 bits per heavy atom. The molecule has 2 aromatic rings. The molecule has 0 bridgehead atoms. The number of rotatable bonds is 2. The minimum atomic E-state index is 0. The van der Waals surface area contributed by atoms with Crippen LogP contribution in [0.4, 0.5) is 0 Å². The van der Waals surface area contributed by atoms with Gasteiger partial charge in [-0.3, -0.25) is 0 Å². The molecule has 2 heterocycles. The Kier molecular flexibility index (Phi) is 4.88. The monoisotopic (exact) mass is 295 g/mol. The molecule has 3 rings (SSSR count). The molecule has 104 valence electrons. The van der Waals surface area contributed by atoms with Gasteiger partial charge in [0.2, 0.25) is 0 Å². The second-order valence-electron chi connectivity index (χ2n) is 5.41. The lowest BCUT2D eigenvalue weighted by Gasteiger charge is -2.27. The third-order valence-corrected chi connectivity index (χ3v) is 5.34. The number of hydrogen-bond acceptors (Lipinski definition) is 2. The highest BCUT2D eigenvalue weighted by Gasteiger charge is 2.21. The second kappa shape index (κ2) is 6.25. The van der Waals surface area contributed by atoms with Gasteiger partial charge >= 0.3 is 0 Å². The number of aryl methyl sites for hydroxylation is 1. The van der Waals surface area contributed by atoms with Crippen molar-refractivity contribution in [1.82, 2.24) is 5.32 Å². The van der Waals surface area contributed by atoms with E-state index in [2.05, 4.69) is 43.4 Å². The molecule has 1 aromatic heterocycles. The Balaban J connectivity index is 0.00000133. The number of hydrogen-bond donors (Lipinski definition) is 1. The minimum Gasteiger partial charge on any atom is -0.314 e. The summed E-state index contributed by atoms with van der Waals surface area (Å²) >= 11 is 2.01. The van der Waals surface area contributed by atoms with Crippen molar-refractivity contribution in [3.8, 4) is 0 Å². The third-order valence-electron chi connectivity index (χ3n) is 4.08. The van der Waals surface area contributed by atoms with Gasteiger partial charge in [-0.1, -0.05) is 19.1 Å². The van der Waals surface area contributed by atoms with Crippen molar-refractivity contribution in [3.05, 3.63) is 34.7 Å². The van der Waals surface area contributed by atoms with Crippen LogP contribution in [0.15, 0.2) is 24.3 Å². The number of benzene rings is 1. The Morgan fingerprint density at radius 2 is 2.21 bits per heavy atom. The molecular formula is C16H22ClNS. The van der Waals surface area contributed by atoms with E-state index >= 15 is 0 Å². The molecule has 1 nitrogen and oxygen atoms in total. The fraction of sp³-hybridized carbons (Fsp3) is 0.500. The van der Waals surface area contributed by atoms with E-state index in [4.69, 9.17) is 0 Å². The standard InChI is InChI=1S/C16H21NS.ClH/c1-3-12-5-4-6-15-14(12)10-16(18-15)13-7-8-17-11(2)9-13;/h4-6,10-11,13,17H,3,7-9H2,1-2H3;1H. The van der Waals surface area contributed by atoms with Crippen molar-refractivity contribution in [2.24, 2.45) is 0 Å². The first-order valence-electron chi connectivity index (χ1n) is 7.02. The van der Waals surface area contributed by atoms with Crippen LogP contribution in [0.5, 0.6) is 0 Å². The first-order valence-corrected chi connectivity index (χ1v) is 7.84. The van der Waals surface area contributed by atoms with Crippen molar-refractivity contribution < 1.29 is 0 Å². The molecule has 1 aliphatic heterocycles. The maximum atomic E-state index is 3.54. The van der Waals surface area contributed by atoms with Gasteiger partial charge in [-0.25, -0.2) is 0 Å². The Labute approximate surface area is 125 Å². The lowest BCUT2D eigenvalue weighted by Crippen LogP contribution is -2.34. The maximum Gasteiger partial charge on any atom is 0.0348 e. The molecule has 2 unspecified atom stereocenters. The molecule has 0 radical (unpaired) electrons. The van der Waals surface area contributed by atoms with Crippen LogP contribution < -0.4 is 5.32 Å². The SMILES string of the molecule is CCc1cccc2sc(C3CCNC(C)C3)cc12.Cl. The van der Waals surface area contributed by atoms with E-state index in [0.717, 1.165) is 12.3 Å². The van der Waals surface area contributed by atoms with E-state index in [1.165, 1.54) is 35.0 Å². The van der Waals surface area contributed by atoms with Crippen molar-refractivity contribution >= 4 is 33.8 Å². The molecule has 2 atom stereocenters. The lowest BCUT2D eigenvalue weighted by atomic mass is 9.91. The van der Waals surface area contributed by atoms with Crippen LogP contribution in [0, 0.1) is 0 Å². The Hall–Kier alpha value is -0.570. The van der Waals surface area contributed by atoms with Crippen LogP contribution in [0.2, 0.25) is 0 Å². The van der Waals surface area contributed by atoms with Gasteiger partial charge in [0.15, 0.2) is 0 Å². The molecule has 1 aromatic carbocycles. The summed E-state index contributed by atoms with van der Waals surface area (Å²) < 4.78 is 1.47. The van der Waals surface area contributed by atoms with Crippen LogP contribution in [0.25, 0.3) is 10.1 Å². The Morgan fingerprint density at radius 1 is 1.37 bits per heavy atom. The lowest BCUT2D eigenvalue weighted by molar-refractivity contribution is 0.384. The fourth-order valence-corrected chi connectivity index (χ4v) is 4.30. The van der Waals surface area contributed by atoms with Gasteiger partial charge < -0.3 is 5.32 Å².